The minimum atomic E-state index is -1.40. The number of rotatable bonds is 9. The molecule has 116 valence electrons. The van der Waals surface area contributed by atoms with Crippen LogP contribution in [0.3, 0.4) is 0 Å². The fourth-order valence-corrected chi connectivity index (χ4v) is 1.60. The number of hydrogen-bond donors (Lipinski definition) is 1. The molecule has 0 radical (unpaired) electrons. The number of ether oxygens (including phenoxy) is 3. The van der Waals surface area contributed by atoms with Crippen LogP contribution in [0.15, 0.2) is 12.1 Å². The van der Waals surface area contributed by atoms with E-state index in [-0.39, 0.29) is 18.1 Å². The third-order valence-electron chi connectivity index (χ3n) is 2.54. The number of carboxylic acids is 1. The number of carbonyl (C=O) groups is 1. The van der Waals surface area contributed by atoms with E-state index in [1.54, 1.807) is 0 Å². The van der Waals surface area contributed by atoms with Crippen molar-refractivity contribution in [2.75, 3.05) is 26.9 Å². The van der Waals surface area contributed by atoms with Crippen molar-refractivity contribution >= 4 is 11.7 Å². The molecule has 0 amide bonds. The minimum Gasteiger partial charge on any atom is -0.493 e. The molecule has 0 heterocycles. The van der Waals surface area contributed by atoms with Gasteiger partial charge < -0.3 is 19.3 Å². The molecule has 0 atom stereocenters. The van der Waals surface area contributed by atoms with E-state index in [1.807, 2.05) is 6.92 Å². The van der Waals surface area contributed by atoms with E-state index < -0.39 is 22.1 Å². The zero-order valence-corrected chi connectivity index (χ0v) is 11.8. The van der Waals surface area contributed by atoms with Gasteiger partial charge >= 0.3 is 5.97 Å². The molecule has 0 unspecified atom stereocenters. The van der Waals surface area contributed by atoms with Gasteiger partial charge in [0.25, 0.3) is 5.69 Å². The lowest BCUT2D eigenvalue weighted by atomic mass is 10.1. The Morgan fingerprint density at radius 3 is 2.52 bits per heavy atom. The molecule has 1 aromatic rings. The molecule has 0 bridgehead atoms. The van der Waals surface area contributed by atoms with Crippen LogP contribution in [0.25, 0.3) is 0 Å². The molecule has 8 heteroatoms. The molecule has 0 aromatic heterocycles. The Morgan fingerprint density at radius 1 is 1.29 bits per heavy atom. The van der Waals surface area contributed by atoms with E-state index >= 15 is 0 Å². The quantitative estimate of drug-likeness (QED) is 0.422. The summed E-state index contributed by atoms with van der Waals surface area (Å²) in [6, 6.07) is 2.12. The lowest BCUT2D eigenvalue weighted by Gasteiger charge is -2.11. The molecule has 0 fully saturated rings. The third kappa shape index (κ3) is 4.60. The molecule has 0 aliphatic rings. The van der Waals surface area contributed by atoms with Gasteiger partial charge in [-0.15, -0.1) is 0 Å². The van der Waals surface area contributed by atoms with Crippen molar-refractivity contribution in [3.63, 3.8) is 0 Å². The highest BCUT2D eigenvalue weighted by Crippen LogP contribution is 2.34. The second kappa shape index (κ2) is 8.05. The summed E-state index contributed by atoms with van der Waals surface area (Å²) in [7, 11) is 1.33. The summed E-state index contributed by atoms with van der Waals surface area (Å²) >= 11 is 0. The van der Waals surface area contributed by atoms with Gasteiger partial charge in [0.1, 0.15) is 12.2 Å². The Labute approximate surface area is 121 Å². The zero-order valence-electron chi connectivity index (χ0n) is 11.8. The summed E-state index contributed by atoms with van der Waals surface area (Å²) in [6.07, 6.45) is 0.877. The highest BCUT2D eigenvalue weighted by molar-refractivity contribution is 5.93. The van der Waals surface area contributed by atoms with E-state index in [9.17, 15) is 14.9 Å². The molecule has 8 nitrogen and oxygen atoms in total. The summed E-state index contributed by atoms with van der Waals surface area (Å²) in [5, 5.41) is 19.9. The lowest BCUT2D eigenvalue weighted by molar-refractivity contribution is -0.385. The van der Waals surface area contributed by atoms with Crippen molar-refractivity contribution in [3.05, 3.63) is 27.8 Å². The van der Waals surface area contributed by atoms with Crippen LogP contribution in [0, 0.1) is 10.1 Å². The smallest absolute Gasteiger partial charge is 0.342 e. The highest BCUT2D eigenvalue weighted by atomic mass is 16.6. The predicted molar refractivity (Wildman–Crippen MR) is 73.2 cm³/mol. The van der Waals surface area contributed by atoms with Gasteiger partial charge in [0.2, 0.25) is 0 Å². The van der Waals surface area contributed by atoms with Gasteiger partial charge in [-0.3, -0.25) is 10.1 Å². The molecule has 21 heavy (non-hydrogen) atoms. The van der Waals surface area contributed by atoms with Gasteiger partial charge in [-0.25, -0.2) is 4.79 Å². The summed E-state index contributed by atoms with van der Waals surface area (Å²) < 4.78 is 15.6. The van der Waals surface area contributed by atoms with Gasteiger partial charge in [0, 0.05) is 12.7 Å². The molecule has 1 rings (SSSR count). The Balaban J connectivity index is 2.94. The molecule has 0 saturated heterocycles. The molecule has 1 aromatic carbocycles. The number of aromatic carboxylic acids is 1. The van der Waals surface area contributed by atoms with Crippen LogP contribution in [-0.2, 0) is 4.74 Å². The number of nitro groups is 1. The van der Waals surface area contributed by atoms with Crippen molar-refractivity contribution in [1.29, 1.82) is 0 Å². The number of hydrogen-bond acceptors (Lipinski definition) is 6. The fraction of sp³-hybridized carbons (Fsp3) is 0.462. The summed E-state index contributed by atoms with van der Waals surface area (Å²) in [5.74, 6) is -1.18. The van der Waals surface area contributed by atoms with Crippen molar-refractivity contribution < 1.29 is 29.0 Å². The fourth-order valence-electron chi connectivity index (χ4n) is 1.60. The number of carboxylic acid groups (broad SMARTS) is 1. The van der Waals surface area contributed by atoms with E-state index in [0.29, 0.717) is 13.2 Å². The topological polar surface area (TPSA) is 108 Å². The average molecular weight is 299 g/mol. The second-order valence-corrected chi connectivity index (χ2v) is 4.04. The number of nitro benzene ring substituents is 1. The highest BCUT2D eigenvalue weighted by Gasteiger charge is 2.24. The van der Waals surface area contributed by atoms with Crippen LogP contribution in [-0.4, -0.2) is 42.9 Å². The van der Waals surface area contributed by atoms with E-state index in [0.717, 1.165) is 18.6 Å². The van der Waals surface area contributed by atoms with Gasteiger partial charge in [-0.2, -0.15) is 0 Å². The number of methoxy groups -OCH3 is 1. The maximum atomic E-state index is 11.0. The lowest BCUT2D eigenvalue weighted by Crippen LogP contribution is -2.09. The predicted octanol–water partition coefficient (Wildman–Crippen LogP) is 2.11. The first-order valence-corrected chi connectivity index (χ1v) is 6.31. The van der Waals surface area contributed by atoms with Crippen LogP contribution in [0.5, 0.6) is 11.5 Å². The van der Waals surface area contributed by atoms with Crippen molar-refractivity contribution in [3.8, 4) is 11.5 Å². The maximum Gasteiger partial charge on any atom is 0.342 e. The summed E-state index contributed by atoms with van der Waals surface area (Å²) in [4.78, 5) is 21.2. The minimum absolute atomic E-state index is 0.106. The summed E-state index contributed by atoms with van der Waals surface area (Å²) in [6.45, 7) is 3.07. The van der Waals surface area contributed by atoms with Gasteiger partial charge in [-0.1, -0.05) is 6.92 Å². The van der Waals surface area contributed by atoms with Crippen molar-refractivity contribution in [1.82, 2.24) is 0 Å². The molecule has 1 N–H and O–H groups in total. The van der Waals surface area contributed by atoms with E-state index in [2.05, 4.69) is 0 Å². The van der Waals surface area contributed by atoms with Gasteiger partial charge in [0.15, 0.2) is 11.5 Å². The Hall–Kier alpha value is -2.35. The Bertz CT molecular complexity index is 515. The first-order valence-electron chi connectivity index (χ1n) is 6.31. The van der Waals surface area contributed by atoms with Crippen LogP contribution in [0.2, 0.25) is 0 Å². The SMILES string of the molecule is CCCOCCOc1cc([N+](=O)[O-])c(C(=O)O)cc1OC. The van der Waals surface area contributed by atoms with Crippen molar-refractivity contribution in [2.24, 2.45) is 0 Å². The largest absolute Gasteiger partial charge is 0.493 e. The molecular weight excluding hydrogens is 282 g/mol. The first kappa shape index (κ1) is 16.7. The average Bonchev–Trinajstić information content (AvgIpc) is 2.46. The second-order valence-electron chi connectivity index (χ2n) is 4.04. The van der Waals surface area contributed by atoms with Crippen LogP contribution in [0.4, 0.5) is 5.69 Å². The third-order valence-corrected chi connectivity index (χ3v) is 2.54. The molecule has 0 aliphatic carbocycles. The Morgan fingerprint density at radius 2 is 2.00 bits per heavy atom. The van der Waals surface area contributed by atoms with Crippen molar-refractivity contribution in [2.45, 2.75) is 13.3 Å². The van der Waals surface area contributed by atoms with Gasteiger partial charge in [-0.05, 0) is 6.42 Å². The molecule has 0 aliphatic heterocycles. The molecular formula is C13H17NO7. The Kier molecular flexibility index (Phi) is 6.41. The normalized spacial score (nSPS) is 10.2. The van der Waals surface area contributed by atoms with Gasteiger partial charge in [0.05, 0.1) is 24.7 Å². The van der Waals surface area contributed by atoms with Crippen LogP contribution < -0.4 is 9.47 Å². The van der Waals surface area contributed by atoms with Crippen LogP contribution in [0.1, 0.15) is 23.7 Å². The first-order chi connectivity index (χ1) is 10.0. The molecule has 0 saturated carbocycles. The summed E-state index contributed by atoms with van der Waals surface area (Å²) in [5.41, 5.74) is -1.00. The van der Waals surface area contributed by atoms with E-state index in [1.165, 1.54) is 7.11 Å². The number of benzene rings is 1. The number of nitrogens with zero attached hydrogens (tertiary/aromatic N) is 1. The van der Waals surface area contributed by atoms with E-state index in [4.69, 9.17) is 19.3 Å². The van der Waals surface area contributed by atoms with Crippen LogP contribution >= 0.6 is 0 Å². The maximum absolute atomic E-state index is 11.0. The monoisotopic (exact) mass is 299 g/mol. The molecule has 0 spiro atoms. The zero-order chi connectivity index (χ0) is 15.8. The standard InChI is InChI=1S/C13H17NO7/c1-3-4-20-5-6-21-12-8-10(14(17)18)9(13(15)16)7-11(12)19-2/h7-8H,3-6H2,1-2H3,(H,15,16).